The quantitative estimate of drug-likeness (QED) is 0.869. The maximum Gasteiger partial charge on any atom is 0.234 e. The van der Waals surface area contributed by atoms with Gasteiger partial charge in [0.2, 0.25) is 5.91 Å². The number of fused-ring (bicyclic) bond motifs is 2. The van der Waals surface area contributed by atoms with E-state index in [4.69, 9.17) is 0 Å². The van der Waals surface area contributed by atoms with Gasteiger partial charge >= 0.3 is 0 Å². The van der Waals surface area contributed by atoms with Crippen LogP contribution in [0.1, 0.15) is 63.9 Å². The van der Waals surface area contributed by atoms with Crippen molar-refractivity contribution in [3.8, 4) is 0 Å². The van der Waals surface area contributed by atoms with Crippen molar-refractivity contribution >= 4 is 5.91 Å². The predicted octanol–water partition coefficient (Wildman–Crippen LogP) is 2.59. The maximum absolute atomic E-state index is 12.6. The lowest BCUT2D eigenvalue weighted by Crippen LogP contribution is -2.53. The summed E-state index contributed by atoms with van der Waals surface area (Å²) in [6.45, 7) is 2.78. The van der Waals surface area contributed by atoms with Crippen LogP contribution in [0.25, 0.3) is 0 Å². The minimum atomic E-state index is -0.799. The third kappa shape index (κ3) is 3.65. The first kappa shape index (κ1) is 17.9. The molecule has 1 aliphatic carbocycles. The third-order valence-corrected chi connectivity index (χ3v) is 6.82. The highest BCUT2D eigenvalue weighted by molar-refractivity contribution is 5.78. The normalized spacial score (nSPS) is 37.5. The Hall–Kier alpha value is -1.46. The highest BCUT2D eigenvalue weighted by Crippen LogP contribution is 2.45. The van der Waals surface area contributed by atoms with Crippen molar-refractivity contribution in [3.05, 3.63) is 30.1 Å². The molecule has 4 rings (SSSR count). The molecular weight excluding hydrogens is 326 g/mol. The Morgan fingerprint density at radius 3 is 2.54 bits per heavy atom. The van der Waals surface area contributed by atoms with Gasteiger partial charge in [0.25, 0.3) is 0 Å². The van der Waals surface area contributed by atoms with E-state index in [2.05, 4.69) is 22.1 Å². The average molecular weight is 357 g/mol. The molecule has 2 N–H and O–H groups in total. The highest BCUT2D eigenvalue weighted by Gasteiger charge is 2.48. The van der Waals surface area contributed by atoms with E-state index in [0.717, 1.165) is 37.2 Å². The number of carbonyl (C=O) groups excluding carboxylic acids is 1. The Morgan fingerprint density at radius 2 is 1.92 bits per heavy atom. The maximum atomic E-state index is 12.6. The van der Waals surface area contributed by atoms with E-state index in [9.17, 15) is 9.90 Å². The molecule has 1 aromatic heterocycles. The summed E-state index contributed by atoms with van der Waals surface area (Å²) in [4.78, 5) is 19.1. The Labute approximate surface area is 156 Å². The van der Waals surface area contributed by atoms with E-state index in [1.165, 1.54) is 12.8 Å². The largest absolute Gasteiger partial charge is 0.385 e. The Kier molecular flexibility index (Phi) is 5.02. The van der Waals surface area contributed by atoms with E-state index in [1.54, 1.807) is 12.4 Å². The molecule has 0 aromatic carbocycles. The second-order valence-electron chi connectivity index (χ2n) is 8.76. The summed E-state index contributed by atoms with van der Waals surface area (Å²) in [5.74, 6) is 0.958. The van der Waals surface area contributed by atoms with Gasteiger partial charge in [-0.1, -0.05) is 13.0 Å². The number of rotatable bonds is 4. The predicted molar refractivity (Wildman–Crippen MR) is 100 cm³/mol. The average Bonchev–Trinajstić information content (AvgIpc) is 2.88. The monoisotopic (exact) mass is 357 g/mol. The minimum Gasteiger partial charge on any atom is -0.385 e. The first-order valence-electron chi connectivity index (χ1n) is 10.2. The molecule has 0 radical (unpaired) electrons. The van der Waals surface area contributed by atoms with Gasteiger partial charge in [0, 0.05) is 36.1 Å². The van der Waals surface area contributed by atoms with Gasteiger partial charge in [-0.3, -0.25) is 14.7 Å². The van der Waals surface area contributed by atoms with Crippen molar-refractivity contribution in [1.29, 1.82) is 0 Å². The van der Waals surface area contributed by atoms with Crippen molar-refractivity contribution in [2.24, 2.45) is 5.92 Å². The molecule has 142 valence electrons. The fourth-order valence-corrected chi connectivity index (χ4v) is 5.29. The van der Waals surface area contributed by atoms with E-state index in [1.807, 2.05) is 12.1 Å². The number of pyridine rings is 1. The lowest BCUT2D eigenvalue weighted by atomic mass is 9.81. The van der Waals surface area contributed by atoms with E-state index >= 15 is 0 Å². The van der Waals surface area contributed by atoms with Crippen LogP contribution in [-0.2, 0) is 10.4 Å². The van der Waals surface area contributed by atoms with Gasteiger partial charge in [-0.25, -0.2) is 0 Å². The number of nitrogens with zero attached hydrogens (tertiary/aromatic N) is 2. The summed E-state index contributed by atoms with van der Waals surface area (Å²) >= 11 is 0. The Morgan fingerprint density at radius 1 is 1.23 bits per heavy atom. The first-order chi connectivity index (χ1) is 12.5. The van der Waals surface area contributed by atoms with E-state index in [-0.39, 0.29) is 18.0 Å². The number of amides is 1. The number of hydrogen-bond donors (Lipinski definition) is 2. The van der Waals surface area contributed by atoms with Gasteiger partial charge in [-0.05, 0) is 63.4 Å². The number of aromatic nitrogens is 1. The molecule has 2 aliphatic heterocycles. The topological polar surface area (TPSA) is 65.5 Å². The van der Waals surface area contributed by atoms with Crippen LogP contribution >= 0.6 is 0 Å². The standard InChI is InChI=1S/C21H31N3O2/c1-15-4-6-17(7-5-15)23-20(25)14-24-18-8-9-19(24)12-21(26,11-18)16-3-2-10-22-13-16/h2-3,10,13,15,17-19,26H,4-9,11-12,14H2,1H3,(H,23,25)/t15?,17?,18-,19-/m1/s1. The zero-order chi connectivity index (χ0) is 18.1. The summed E-state index contributed by atoms with van der Waals surface area (Å²) in [7, 11) is 0. The summed E-state index contributed by atoms with van der Waals surface area (Å²) in [5.41, 5.74) is 0.115. The third-order valence-electron chi connectivity index (χ3n) is 6.82. The summed E-state index contributed by atoms with van der Waals surface area (Å²) in [6, 6.07) is 4.79. The number of hydrogen-bond acceptors (Lipinski definition) is 4. The molecule has 3 aliphatic rings. The lowest BCUT2D eigenvalue weighted by molar-refractivity contribution is -0.126. The van der Waals surface area contributed by atoms with Crippen LogP contribution in [-0.4, -0.2) is 45.6 Å². The molecule has 3 heterocycles. The van der Waals surface area contributed by atoms with Gasteiger partial charge in [0.1, 0.15) is 0 Å². The van der Waals surface area contributed by atoms with Crippen LogP contribution in [0.4, 0.5) is 0 Å². The van der Waals surface area contributed by atoms with Gasteiger partial charge in [-0.15, -0.1) is 0 Å². The number of nitrogens with one attached hydrogen (secondary N) is 1. The van der Waals surface area contributed by atoms with Crippen molar-refractivity contribution < 1.29 is 9.90 Å². The molecule has 2 atom stereocenters. The number of aliphatic hydroxyl groups is 1. The minimum absolute atomic E-state index is 0.160. The molecule has 0 unspecified atom stereocenters. The van der Waals surface area contributed by atoms with Gasteiger partial charge < -0.3 is 10.4 Å². The fraction of sp³-hybridized carbons (Fsp3) is 0.714. The van der Waals surface area contributed by atoms with Crippen LogP contribution in [0.5, 0.6) is 0 Å². The Bertz CT molecular complexity index is 613. The van der Waals surface area contributed by atoms with Gasteiger partial charge in [0.05, 0.1) is 12.1 Å². The molecule has 5 nitrogen and oxygen atoms in total. The molecule has 5 heteroatoms. The summed E-state index contributed by atoms with van der Waals surface area (Å²) in [5, 5.41) is 14.4. The lowest BCUT2D eigenvalue weighted by Gasteiger charge is -2.43. The molecule has 2 saturated heterocycles. The van der Waals surface area contributed by atoms with Crippen LogP contribution < -0.4 is 5.32 Å². The highest BCUT2D eigenvalue weighted by atomic mass is 16.3. The summed E-state index contributed by atoms with van der Waals surface area (Å²) in [6.07, 6.45) is 11.7. The number of piperidine rings is 1. The molecular formula is C21H31N3O2. The van der Waals surface area contributed by atoms with Gasteiger partial charge in [0.15, 0.2) is 0 Å². The molecule has 2 bridgehead atoms. The zero-order valence-electron chi connectivity index (χ0n) is 15.7. The fourth-order valence-electron chi connectivity index (χ4n) is 5.29. The molecule has 26 heavy (non-hydrogen) atoms. The van der Waals surface area contributed by atoms with E-state index < -0.39 is 5.60 Å². The number of carbonyl (C=O) groups is 1. The molecule has 0 spiro atoms. The van der Waals surface area contributed by atoms with Crippen molar-refractivity contribution in [2.75, 3.05) is 6.54 Å². The smallest absolute Gasteiger partial charge is 0.234 e. The molecule has 1 aromatic rings. The summed E-state index contributed by atoms with van der Waals surface area (Å²) < 4.78 is 0. The van der Waals surface area contributed by atoms with Crippen LogP contribution in [0.15, 0.2) is 24.5 Å². The van der Waals surface area contributed by atoms with Crippen molar-refractivity contribution in [1.82, 2.24) is 15.2 Å². The SMILES string of the molecule is CC1CCC(NC(=O)CN2[C@@H]3CC[C@@H]2CC(O)(c2cccnc2)C3)CC1. The van der Waals surface area contributed by atoms with Crippen molar-refractivity contribution in [2.45, 2.75) is 82.0 Å². The van der Waals surface area contributed by atoms with Crippen LogP contribution in [0, 0.1) is 5.92 Å². The van der Waals surface area contributed by atoms with E-state index in [0.29, 0.717) is 25.4 Å². The zero-order valence-corrected chi connectivity index (χ0v) is 15.7. The molecule has 3 fully saturated rings. The van der Waals surface area contributed by atoms with Crippen molar-refractivity contribution in [3.63, 3.8) is 0 Å². The Balaban J connectivity index is 1.36. The second-order valence-corrected chi connectivity index (χ2v) is 8.76. The molecule has 1 saturated carbocycles. The van der Waals surface area contributed by atoms with Crippen LogP contribution in [0.3, 0.4) is 0 Å². The van der Waals surface area contributed by atoms with Crippen LogP contribution in [0.2, 0.25) is 0 Å². The van der Waals surface area contributed by atoms with Gasteiger partial charge in [-0.2, -0.15) is 0 Å². The molecule has 1 amide bonds. The second kappa shape index (κ2) is 7.28. The first-order valence-corrected chi connectivity index (χ1v) is 10.2.